The molecule has 0 bridgehead atoms. The highest BCUT2D eigenvalue weighted by Crippen LogP contribution is 2.28. The molecule has 0 amide bonds. The summed E-state index contributed by atoms with van der Waals surface area (Å²) in [6, 6.07) is 0. The van der Waals surface area contributed by atoms with E-state index in [2.05, 4.69) is 10.0 Å². The Hall–Kier alpha value is -0.210. The van der Waals surface area contributed by atoms with Crippen LogP contribution in [0.2, 0.25) is 0 Å². The van der Waals surface area contributed by atoms with Crippen molar-refractivity contribution in [3.8, 4) is 0 Å². The fourth-order valence-electron chi connectivity index (χ4n) is 3.25. The Balaban J connectivity index is 1.94. The van der Waals surface area contributed by atoms with E-state index in [1.807, 2.05) is 0 Å². The molecule has 0 aliphatic carbocycles. The minimum absolute atomic E-state index is 0.0705. The number of nitrogens with one attached hydrogen (secondary N) is 2. The first-order valence-electron chi connectivity index (χ1n) is 8.02. The maximum atomic E-state index is 12.5. The summed E-state index contributed by atoms with van der Waals surface area (Å²) in [6.07, 6.45) is 6.09. The summed E-state index contributed by atoms with van der Waals surface area (Å²) in [6.45, 7) is 4.23. The molecule has 0 aromatic rings. The number of hydrogen-bond donors (Lipinski definition) is 2. The summed E-state index contributed by atoms with van der Waals surface area (Å²) in [5.41, 5.74) is -0.0705. The number of rotatable bonds is 6. The van der Waals surface area contributed by atoms with E-state index < -0.39 is 10.2 Å². The molecule has 0 atom stereocenters. The Morgan fingerprint density at radius 3 is 2.33 bits per heavy atom. The van der Waals surface area contributed by atoms with Gasteiger partial charge in [-0.1, -0.05) is 12.8 Å². The van der Waals surface area contributed by atoms with Crippen LogP contribution in [0.25, 0.3) is 0 Å². The molecule has 7 heteroatoms. The molecule has 2 N–H and O–H groups in total. The topological polar surface area (TPSA) is 70.7 Å². The molecule has 2 aliphatic heterocycles. The van der Waals surface area contributed by atoms with Crippen molar-refractivity contribution < 1.29 is 13.2 Å². The first-order valence-corrected chi connectivity index (χ1v) is 9.46. The van der Waals surface area contributed by atoms with Gasteiger partial charge in [-0.15, -0.1) is 0 Å². The zero-order valence-corrected chi connectivity index (χ0v) is 13.9. The maximum absolute atomic E-state index is 12.5. The molecular weight excluding hydrogens is 290 g/mol. The first-order chi connectivity index (χ1) is 10.1. The molecule has 0 spiro atoms. The number of hydrogen-bond acceptors (Lipinski definition) is 4. The average molecular weight is 319 g/mol. The van der Waals surface area contributed by atoms with Crippen LogP contribution in [0.4, 0.5) is 0 Å². The van der Waals surface area contributed by atoms with Crippen molar-refractivity contribution in [3.05, 3.63) is 0 Å². The minimum Gasteiger partial charge on any atom is -0.384 e. The second-order valence-corrected chi connectivity index (χ2v) is 8.08. The Bertz CT molecular complexity index is 394. The van der Waals surface area contributed by atoms with Crippen LogP contribution < -0.4 is 10.0 Å². The number of methoxy groups -OCH3 is 1. The van der Waals surface area contributed by atoms with E-state index in [9.17, 15) is 8.42 Å². The van der Waals surface area contributed by atoms with Crippen LogP contribution in [-0.4, -0.2) is 59.2 Å². The lowest BCUT2D eigenvalue weighted by atomic mass is 9.80. The normalized spacial score (nSPS) is 24.6. The third-order valence-corrected chi connectivity index (χ3v) is 6.20. The van der Waals surface area contributed by atoms with E-state index >= 15 is 0 Å². The van der Waals surface area contributed by atoms with Gasteiger partial charge in [-0.05, 0) is 38.8 Å². The molecule has 0 aromatic heterocycles. The lowest BCUT2D eigenvalue weighted by Crippen LogP contribution is -2.50. The van der Waals surface area contributed by atoms with Crippen LogP contribution in [0.3, 0.4) is 0 Å². The van der Waals surface area contributed by atoms with Gasteiger partial charge in [0.05, 0.1) is 6.61 Å². The van der Waals surface area contributed by atoms with Crippen LogP contribution in [0.1, 0.15) is 38.5 Å². The lowest BCUT2D eigenvalue weighted by molar-refractivity contribution is 0.0574. The second-order valence-electron chi connectivity index (χ2n) is 6.32. The molecule has 6 nitrogen and oxygen atoms in total. The van der Waals surface area contributed by atoms with E-state index in [1.165, 1.54) is 0 Å². The van der Waals surface area contributed by atoms with Crippen LogP contribution in [-0.2, 0) is 14.9 Å². The molecule has 0 radical (unpaired) electrons. The highest BCUT2D eigenvalue weighted by Gasteiger charge is 2.34. The van der Waals surface area contributed by atoms with Gasteiger partial charge in [0.25, 0.3) is 10.2 Å². The van der Waals surface area contributed by atoms with Gasteiger partial charge in [0.1, 0.15) is 0 Å². The highest BCUT2D eigenvalue weighted by molar-refractivity contribution is 7.87. The third-order valence-electron chi connectivity index (χ3n) is 4.65. The molecule has 2 aliphatic rings. The maximum Gasteiger partial charge on any atom is 0.279 e. The smallest absolute Gasteiger partial charge is 0.279 e. The minimum atomic E-state index is -3.36. The summed E-state index contributed by atoms with van der Waals surface area (Å²) < 4.78 is 34.8. The molecule has 0 unspecified atom stereocenters. The Morgan fingerprint density at radius 1 is 1.14 bits per heavy atom. The number of nitrogens with zero attached hydrogens (tertiary/aromatic N) is 1. The van der Waals surface area contributed by atoms with Crippen molar-refractivity contribution >= 4 is 10.2 Å². The molecule has 21 heavy (non-hydrogen) atoms. The molecule has 124 valence electrons. The average Bonchev–Trinajstić information content (AvgIpc) is 2.76. The standard InChI is InChI=1S/C14H29N3O3S/c1-20-13-14(6-8-15-9-7-14)12-16-21(18,19)17-10-4-2-3-5-11-17/h15-16H,2-13H2,1H3. The van der Waals surface area contributed by atoms with E-state index in [0.717, 1.165) is 51.6 Å². The molecule has 2 rings (SSSR count). The summed E-state index contributed by atoms with van der Waals surface area (Å²) >= 11 is 0. The van der Waals surface area contributed by atoms with Crippen molar-refractivity contribution in [2.75, 3.05) is 46.4 Å². The van der Waals surface area contributed by atoms with Crippen LogP contribution in [0.5, 0.6) is 0 Å². The summed E-state index contributed by atoms with van der Waals surface area (Å²) in [4.78, 5) is 0. The van der Waals surface area contributed by atoms with E-state index in [-0.39, 0.29) is 5.41 Å². The summed E-state index contributed by atoms with van der Waals surface area (Å²) in [5.74, 6) is 0. The molecule has 2 heterocycles. The number of ether oxygens (including phenoxy) is 1. The third kappa shape index (κ3) is 4.89. The zero-order valence-electron chi connectivity index (χ0n) is 13.1. The van der Waals surface area contributed by atoms with Crippen molar-refractivity contribution in [2.45, 2.75) is 38.5 Å². The lowest BCUT2D eigenvalue weighted by Gasteiger charge is -2.37. The van der Waals surface area contributed by atoms with Gasteiger partial charge in [-0.25, -0.2) is 4.72 Å². The van der Waals surface area contributed by atoms with Crippen LogP contribution in [0.15, 0.2) is 0 Å². The van der Waals surface area contributed by atoms with E-state index in [1.54, 1.807) is 11.4 Å². The molecule has 0 saturated carbocycles. The van der Waals surface area contributed by atoms with Crippen LogP contribution >= 0.6 is 0 Å². The van der Waals surface area contributed by atoms with Crippen LogP contribution in [0, 0.1) is 5.41 Å². The largest absolute Gasteiger partial charge is 0.384 e. The Labute approximate surface area is 128 Å². The van der Waals surface area contributed by atoms with E-state index in [4.69, 9.17) is 4.74 Å². The van der Waals surface area contributed by atoms with Gasteiger partial charge in [0.2, 0.25) is 0 Å². The van der Waals surface area contributed by atoms with Crippen molar-refractivity contribution in [1.29, 1.82) is 0 Å². The molecule has 2 saturated heterocycles. The van der Waals surface area contributed by atoms with Gasteiger partial charge in [-0.3, -0.25) is 0 Å². The first kappa shape index (κ1) is 17.1. The van der Waals surface area contributed by atoms with Crippen molar-refractivity contribution in [3.63, 3.8) is 0 Å². The van der Waals surface area contributed by atoms with Gasteiger partial charge >= 0.3 is 0 Å². The highest BCUT2D eigenvalue weighted by atomic mass is 32.2. The fourth-order valence-corrected chi connectivity index (χ4v) is 4.66. The Morgan fingerprint density at radius 2 is 1.76 bits per heavy atom. The molecule has 2 fully saturated rings. The van der Waals surface area contributed by atoms with Crippen molar-refractivity contribution in [1.82, 2.24) is 14.3 Å². The summed E-state index contributed by atoms with van der Waals surface area (Å²) in [7, 11) is -1.67. The number of piperidine rings is 1. The van der Waals surface area contributed by atoms with Crippen molar-refractivity contribution in [2.24, 2.45) is 5.41 Å². The van der Waals surface area contributed by atoms with Gasteiger partial charge < -0.3 is 10.1 Å². The van der Waals surface area contributed by atoms with E-state index in [0.29, 0.717) is 26.2 Å². The monoisotopic (exact) mass is 319 g/mol. The fraction of sp³-hybridized carbons (Fsp3) is 1.00. The second kappa shape index (κ2) is 7.87. The van der Waals surface area contributed by atoms with Gasteiger partial charge in [-0.2, -0.15) is 12.7 Å². The predicted molar refractivity (Wildman–Crippen MR) is 83.4 cm³/mol. The predicted octanol–water partition coefficient (Wildman–Crippen LogP) is 0.713. The van der Waals surface area contributed by atoms with Gasteiger partial charge in [0, 0.05) is 32.2 Å². The summed E-state index contributed by atoms with van der Waals surface area (Å²) in [5, 5.41) is 3.32. The Kier molecular flexibility index (Phi) is 6.43. The zero-order chi connectivity index (χ0) is 15.2. The van der Waals surface area contributed by atoms with Gasteiger partial charge in [0.15, 0.2) is 0 Å². The molecular formula is C14H29N3O3S. The quantitative estimate of drug-likeness (QED) is 0.756. The SMILES string of the molecule is COCC1(CNS(=O)(=O)N2CCCCCC2)CCNCC1. The molecule has 0 aromatic carbocycles.